The van der Waals surface area contributed by atoms with E-state index < -0.39 is 35.5 Å². The van der Waals surface area contributed by atoms with E-state index >= 15 is 0 Å². The van der Waals surface area contributed by atoms with Crippen LogP contribution in [0.2, 0.25) is 0 Å². The van der Waals surface area contributed by atoms with Crippen molar-refractivity contribution in [3.8, 4) is 0 Å². The van der Waals surface area contributed by atoms with Crippen LogP contribution in [0.3, 0.4) is 0 Å². The highest BCUT2D eigenvalue weighted by Gasteiger charge is 2.41. The molecule has 0 aliphatic carbocycles. The molecule has 2 aliphatic heterocycles. The Hall–Kier alpha value is -2.79. The van der Waals surface area contributed by atoms with E-state index in [9.17, 15) is 27.6 Å². The number of aliphatic imine (C=N–C) groups is 1. The Morgan fingerprint density at radius 1 is 1.24 bits per heavy atom. The molecule has 0 spiro atoms. The number of nitrogens with zero attached hydrogens (tertiary/aromatic N) is 2. The molecule has 0 bridgehead atoms. The molecule has 2 saturated heterocycles. The first-order valence-corrected chi connectivity index (χ1v) is 9.04. The predicted molar refractivity (Wildman–Crippen MR) is 95.7 cm³/mol. The highest BCUT2D eigenvalue weighted by atomic mass is 19.4. The normalized spacial score (nSPS) is 21.7. The fourth-order valence-corrected chi connectivity index (χ4v) is 3.10. The van der Waals surface area contributed by atoms with Crippen molar-refractivity contribution < 1.29 is 37.2 Å². The van der Waals surface area contributed by atoms with E-state index in [4.69, 9.17) is 4.74 Å². The summed E-state index contributed by atoms with van der Waals surface area (Å²) >= 11 is 0. The number of nitrogens with one attached hydrogen (secondary N) is 2. The SMILES string of the molecule is O=C1NC(=O)N(c2cccc(C(F)(F)F)c2)C(=O)[C@H]1C=NCC[NH+]1CCOCC1. The zero-order valence-electron chi connectivity index (χ0n) is 15.4. The van der Waals surface area contributed by atoms with E-state index in [-0.39, 0.29) is 5.69 Å². The standard InChI is InChI=1S/C18H19F3N4O4/c19-18(20,21)12-2-1-3-13(10-12)25-16(27)14(15(26)23-17(25)28)11-22-4-5-24-6-8-29-9-7-24/h1-3,10-11,14H,4-9H2,(H,23,26,28)/p+1/t14-/m0/s1. The number of anilines is 1. The van der Waals surface area contributed by atoms with Crippen LogP contribution in [0.4, 0.5) is 23.7 Å². The Balaban J connectivity index is 1.71. The molecular formula is C18H20F3N4O4+. The molecule has 0 unspecified atom stereocenters. The summed E-state index contributed by atoms with van der Waals surface area (Å²) < 4.78 is 44.1. The van der Waals surface area contributed by atoms with Gasteiger partial charge in [0.15, 0.2) is 5.92 Å². The van der Waals surface area contributed by atoms with E-state index in [1.54, 1.807) is 0 Å². The Morgan fingerprint density at radius 3 is 2.66 bits per heavy atom. The van der Waals surface area contributed by atoms with Gasteiger partial charge in [-0.05, 0) is 18.2 Å². The minimum Gasteiger partial charge on any atom is -0.370 e. The number of hydrogen-bond acceptors (Lipinski definition) is 5. The second-order valence-electron chi connectivity index (χ2n) is 6.66. The van der Waals surface area contributed by atoms with Gasteiger partial charge in [-0.25, -0.2) is 9.69 Å². The van der Waals surface area contributed by atoms with Crippen LogP contribution in [0, 0.1) is 5.92 Å². The number of halogens is 3. The van der Waals surface area contributed by atoms with Gasteiger partial charge >= 0.3 is 12.2 Å². The van der Waals surface area contributed by atoms with Gasteiger partial charge in [0, 0.05) is 6.21 Å². The number of ether oxygens (including phenoxy) is 1. The van der Waals surface area contributed by atoms with Crippen LogP contribution in [0.5, 0.6) is 0 Å². The first-order chi connectivity index (χ1) is 13.8. The molecular weight excluding hydrogens is 393 g/mol. The van der Waals surface area contributed by atoms with Gasteiger partial charge in [-0.3, -0.25) is 19.9 Å². The minimum absolute atomic E-state index is 0.272. The Morgan fingerprint density at radius 2 is 1.97 bits per heavy atom. The first kappa shape index (κ1) is 20.9. The zero-order chi connectivity index (χ0) is 21.0. The summed E-state index contributed by atoms with van der Waals surface area (Å²) in [5, 5.41) is 1.99. The van der Waals surface area contributed by atoms with E-state index in [2.05, 4.69) is 4.99 Å². The average Bonchev–Trinajstić information content (AvgIpc) is 2.67. The first-order valence-electron chi connectivity index (χ1n) is 9.04. The molecule has 1 aromatic carbocycles. The van der Waals surface area contributed by atoms with Gasteiger partial charge < -0.3 is 9.64 Å². The summed E-state index contributed by atoms with van der Waals surface area (Å²) in [5.74, 6) is -3.19. The summed E-state index contributed by atoms with van der Waals surface area (Å²) in [5.41, 5.74) is -1.28. The Kier molecular flexibility index (Phi) is 6.28. The number of rotatable bonds is 5. The molecule has 2 N–H and O–H groups in total. The maximum absolute atomic E-state index is 12.9. The van der Waals surface area contributed by atoms with Crippen molar-refractivity contribution in [2.75, 3.05) is 44.3 Å². The van der Waals surface area contributed by atoms with Crippen LogP contribution in [-0.4, -0.2) is 63.5 Å². The third-order valence-electron chi connectivity index (χ3n) is 4.68. The lowest BCUT2D eigenvalue weighted by Gasteiger charge is -2.29. The maximum atomic E-state index is 12.9. The van der Waals surface area contributed by atoms with Gasteiger partial charge in [-0.2, -0.15) is 13.2 Å². The van der Waals surface area contributed by atoms with Crippen LogP contribution in [-0.2, 0) is 20.5 Å². The molecule has 2 aliphatic rings. The summed E-state index contributed by atoms with van der Waals surface area (Å²) in [6.07, 6.45) is -3.49. The van der Waals surface area contributed by atoms with Gasteiger partial charge in [0.25, 0.3) is 5.91 Å². The van der Waals surface area contributed by atoms with Crippen LogP contribution < -0.4 is 15.1 Å². The number of quaternary nitrogens is 1. The Bertz CT molecular complexity index is 822. The number of alkyl halides is 3. The molecule has 1 aromatic rings. The van der Waals surface area contributed by atoms with Gasteiger partial charge in [0.05, 0.1) is 37.6 Å². The monoisotopic (exact) mass is 413 g/mol. The maximum Gasteiger partial charge on any atom is 0.416 e. The molecule has 4 amide bonds. The fourth-order valence-electron chi connectivity index (χ4n) is 3.10. The van der Waals surface area contributed by atoms with E-state index in [1.165, 1.54) is 11.0 Å². The molecule has 0 saturated carbocycles. The predicted octanol–water partition coefficient (Wildman–Crippen LogP) is -0.110. The van der Waals surface area contributed by atoms with Gasteiger partial charge in [-0.15, -0.1) is 0 Å². The van der Waals surface area contributed by atoms with Crippen molar-refractivity contribution in [2.45, 2.75) is 6.18 Å². The van der Waals surface area contributed by atoms with E-state index in [0.717, 1.165) is 31.4 Å². The van der Waals surface area contributed by atoms with E-state index in [0.29, 0.717) is 37.3 Å². The van der Waals surface area contributed by atoms with Crippen LogP contribution in [0.25, 0.3) is 0 Å². The van der Waals surface area contributed by atoms with Crippen molar-refractivity contribution in [1.29, 1.82) is 0 Å². The van der Waals surface area contributed by atoms with Gasteiger partial charge in [0.2, 0.25) is 5.91 Å². The number of imide groups is 2. The van der Waals surface area contributed by atoms with Crippen LogP contribution in [0.15, 0.2) is 29.3 Å². The van der Waals surface area contributed by atoms with Gasteiger partial charge in [-0.1, -0.05) is 6.07 Å². The summed E-state index contributed by atoms with van der Waals surface area (Å²) in [6, 6.07) is 2.70. The second kappa shape index (κ2) is 8.70. The molecule has 156 valence electrons. The molecule has 11 heteroatoms. The molecule has 3 rings (SSSR count). The zero-order valence-corrected chi connectivity index (χ0v) is 15.4. The molecule has 0 aromatic heterocycles. The molecule has 8 nitrogen and oxygen atoms in total. The molecule has 2 heterocycles. The van der Waals surface area contributed by atoms with Crippen molar-refractivity contribution >= 4 is 29.7 Å². The summed E-state index contributed by atoms with van der Waals surface area (Å²) in [7, 11) is 0. The van der Waals surface area contributed by atoms with Crippen LogP contribution >= 0.6 is 0 Å². The number of morpholine rings is 1. The average molecular weight is 413 g/mol. The number of benzene rings is 1. The number of carbonyl (C=O) groups excluding carboxylic acids is 3. The number of carbonyl (C=O) groups is 3. The van der Waals surface area contributed by atoms with Crippen molar-refractivity contribution in [3.05, 3.63) is 29.8 Å². The summed E-state index contributed by atoms with van der Waals surface area (Å²) in [4.78, 5) is 42.7. The minimum atomic E-state index is -4.64. The smallest absolute Gasteiger partial charge is 0.370 e. The number of barbiturate groups is 1. The summed E-state index contributed by atoms with van der Waals surface area (Å²) in [6.45, 7) is 4.07. The number of urea groups is 1. The number of amides is 4. The number of hydrogen-bond donors (Lipinski definition) is 2. The van der Waals surface area contributed by atoms with Crippen LogP contribution in [0.1, 0.15) is 5.56 Å². The lowest BCUT2D eigenvalue weighted by molar-refractivity contribution is -0.906. The quantitative estimate of drug-likeness (QED) is 0.521. The molecule has 1 atom stereocenters. The third-order valence-corrected chi connectivity index (χ3v) is 4.68. The second-order valence-corrected chi connectivity index (χ2v) is 6.66. The van der Waals surface area contributed by atoms with Crippen molar-refractivity contribution in [3.63, 3.8) is 0 Å². The molecule has 0 radical (unpaired) electrons. The molecule has 29 heavy (non-hydrogen) atoms. The highest BCUT2D eigenvalue weighted by molar-refractivity contribution is 6.32. The van der Waals surface area contributed by atoms with Crippen molar-refractivity contribution in [1.82, 2.24) is 5.32 Å². The lowest BCUT2D eigenvalue weighted by atomic mass is 10.1. The van der Waals surface area contributed by atoms with Gasteiger partial charge in [0.1, 0.15) is 13.1 Å². The Labute approximate surface area is 164 Å². The largest absolute Gasteiger partial charge is 0.416 e. The topological polar surface area (TPSA) is 92.5 Å². The fraction of sp³-hybridized carbons (Fsp3) is 0.444. The molecule has 2 fully saturated rings. The van der Waals surface area contributed by atoms with E-state index in [1.807, 2.05) is 5.32 Å². The van der Waals surface area contributed by atoms with Crippen molar-refractivity contribution in [2.24, 2.45) is 10.9 Å². The highest BCUT2D eigenvalue weighted by Crippen LogP contribution is 2.32. The third kappa shape index (κ3) is 4.98. The lowest BCUT2D eigenvalue weighted by Crippen LogP contribution is -3.14.